The van der Waals surface area contributed by atoms with E-state index in [1.54, 1.807) is 19.4 Å². The maximum atomic E-state index is 11.4. The molecule has 0 aromatic carbocycles. The minimum Gasteiger partial charge on any atom is -0.341 e. The molecule has 264 valence electrons. The molecule has 0 radical (unpaired) electrons. The topological polar surface area (TPSA) is 126 Å². The Labute approximate surface area is 298 Å². The standard InChI is InChI=1S/C20H24N6O.C18H22N6/c1-5-14-6-16(15-10-26(11-15)13(2)27)21-9-19(14)25(4)20-7-18-17(8-22-20)23-12-24(18)3;1-4-12-5-14(13-7-19-8-13)20-10-17(12)24(3)18-6-16-15(9-21-18)22-11-23(16)2/h6-9,12,15H,5,10-11H2,1-4H3;5-6,9-11,13,19H,4,7-8H2,1-3H3. The van der Waals surface area contributed by atoms with Crippen molar-refractivity contribution in [1.82, 2.24) is 49.3 Å². The van der Waals surface area contributed by atoms with Crippen LogP contribution in [-0.2, 0) is 31.7 Å². The number of amides is 1. The Hall–Kier alpha value is -5.43. The first-order valence-electron chi connectivity index (χ1n) is 17.6. The third-order valence-electron chi connectivity index (χ3n) is 10.3. The Morgan fingerprint density at radius 3 is 1.59 bits per heavy atom. The quantitative estimate of drug-likeness (QED) is 0.233. The largest absolute Gasteiger partial charge is 0.341 e. The van der Waals surface area contributed by atoms with Crippen LogP contribution in [0.25, 0.3) is 22.1 Å². The number of hydrogen-bond donors (Lipinski definition) is 1. The minimum atomic E-state index is 0.134. The molecule has 51 heavy (non-hydrogen) atoms. The lowest BCUT2D eigenvalue weighted by atomic mass is 9.94. The molecule has 8 heterocycles. The van der Waals surface area contributed by atoms with Gasteiger partial charge in [-0.15, -0.1) is 0 Å². The number of aromatic nitrogens is 8. The van der Waals surface area contributed by atoms with E-state index in [0.717, 1.165) is 89.8 Å². The molecule has 0 aliphatic carbocycles. The SMILES string of the molecule is CCc1cc(C2CN(C(C)=O)C2)ncc1N(C)c1cc2c(cn1)ncn2C.CCc1cc(C2CNC2)ncc1N(C)c1cc2c(cn1)ncn2C. The number of carbonyl (C=O) groups excluding carboxylic acids is 1. The summed E-state index contributed by atoms with van der Waals surface area (Å²) in [5.74, 6) is 2.79. The monoisotopic (exact) mass is 686 g/mol. The van der Waals surface area contributed by atoms with Crippen LogP contribution in [0, 0.1) is 0 Å². The van der Waals surface area contributed by atoms with Crippen molar-refractivity contribution in [3.05, 3.63) is 84.2 Å². The Bertz CT molecular complexity index is 2200. The highest BCUT2D eigenvalue weighted by Gasteiger charge is 2.31. The summed E-state index contributed by atoms with van der Waals surface area (Å²) in [6.07, 6.45) is 13.0. The van der Waals surface area contributed by atoms with Gasteiger partial charge in [-0.3, -0.25) is 14.8 Å². The van der Waals surface area contributed by atoms with Crippen molar-refractivity contribution in [2.24, 2.45) is 14.1 Å². The van der Waals surface area contributed by atoms with Gasteiger partial charge in [-0.1, -0.05) is 13.8 Å². The molecule has 0 atom stereocenters. The van der Waals surface area contributed by atoms with Gasteiger partial charge in [0.15, 0.2) is 0 Å². The van der Waals surface area contributed by atoms with E-state index in [9.17, 15) is 4.79 Å². The van der Waals surface area contributed by atoms with Crippen LogP contribution in [0.3, 0.4) is 0 Å². The molecule has 13 nitrogen and oxygen atoms in total. The van der Waals surface area contributed by atoms with Crippen LogP contribution in [0.5, 0.6) is 0 Å². The molecule has 1 amide bonds. The number of aryl methyl sites for hydroxylation is 4. The molecule has 2 aliphatic rings. The summed E-state index contributed by atoms with van der Waals surface area (Å²) < 4.78 is 4.01. The normalized spacial score (nSPS) is 14.6. The number of nitrogens with one attached hydrogen (secondary N) is 1. The third-order valence-corrected chi connectivity index (χ3v) is 10.3. The van der Waals surface area contributed by atoms with E-state index in [0.29, 0.717) is 11.8 Å². The molecular formula is C38H46N12O. The van der Waals surface area contributed by atoms with Gasteiger partial charge >= 0.3 is 0 Å². The first kappa shape index (κ1) is 34.0. The number of nitrogens with zero attached hydrogens (tertiary/aromatic N) is 11. The second kappa shape index (κ2) is 14.1. The second-order valence-corrected chi connectivity index (χ2v) is 13.6. The smallest absolute Gasteiger partial charge is 0.219 e. The molecule has 6 aromatic heterocycles. The summed E-state index contributed by atoms with van der Waals surface area (Å²) in [6.45, 7) is 9.54. The zero-order chi connectivity index (χ0) is 35.8. The van der Waals surface area contributed by atoms with E-state index in [1.165, 1.54) is 16.8 Å². The highest BCUT2D eigenvalue weighted by Crippen LogP contribution is 2.33. The molecule has 0 saturated carbocycles. The van der Waals surface area contributed by atoms with Gasteiger partial charge in [0.1, 0.15) is 22.7 Å². The van der Waals surface area contributed by atoms with Crippen molar-refractivity contribution >= 4 is 51.0 Å². The van der Waals surface area contributed by atoms with Crippen LogP contribution in [-0.4, -0.2) is 90.1 Å². The highest BCUT2D eigenvalue weighted by atomic mass is 16.2. The number of imidazole rings is 2. The number of pyridine rings is 4. The van der Waals surface area contributed by atoms with E-state index >= 15 is 0 Å². The molecule has 6 aromatic rings. The second-order valence-electron chi connectivity index (χ2n) is 13.6. The number of hydrogen-bond acceptors (Lipinski definition) is 10. The van der Waals surface area contributed by atoms with Crippen molar-refractivity contribution < 1.29 is 4.79 Å². The fourth-order valence-electron chi connectivity index (χ4n) is 6.71. The van der Waals surface area contributed by atoms with Crippen LogP contribution in [0.4, 0.5) is 23.0 Å². The minimum absolute atomic E-state index is 0.134. The maximum absolute atomic E-state index is 11.4. The average Bonchev–Trinajstić information content (AvgIpc) is 3.67. The summed E-state index contributed by atoms with van der Waals surface area (Å²) >= 11 is 0. The van der Waals surface area contributed by atoms with Crippen molar-refractivity contribution in [3.63, 3.8) is 0 Å². The fraction of sp³-hybridized carbons (Fsp3) is 0.395. The lowest BCUT2D eigenvalue weighted by molar-refractivity contribution is -0.133. The van der Waals surface area contributed by atoms with Gasteiger partial charge in [-0.05, 0) is 36.1 Å². The molecule has 2 fully saturated rings. The van der Waals surface area contributed by atoms with Crippen LogP contribution < -0.4 is 15.1 Å². The van der Waals surface area contributed by atoms with Crippen LogP contribution in [0.15, 0.2) is 61.7 Å². The number of likely N-dealkylation sites (tertiary alicyclic amines) is 1. The number of rotatable bonds is 8. The average molecular weight is 687 g/mol. The molecule has 0 spiro atoms. The van der Waals surface area contributed by atoms with Gasteiger partial charge in [0.05, 0.1) is 59.9 Å². The third kappa shape index (κ3) is 6.61. The maximum Gasteiger partial charge on any atom is 0.219 e. The highest BCUT2D eigenvalue weighted by molar-refractivity contribution is 5.80. The van der Waals surface area contributed by atoms with Gasteiger partial charge < -0.3 is 29.2 Å². The van der Waals surface area contributed by atoms with E-state index in [1.807, 2.05) is 73.2 Å². The van der Waals surface area contributed by atoms with E-state index in [-0.39, 0.29) is 5.91 Å². The van der Waals surface area contributed by atoms with E-state index < -0.39 is 0 Å². The molecule has 0 unspecified atom stereocenters. The zero-order valence-electron chi connectivity index (χ0n) is 30.5. The van der Waals surface area contributed by atoms with Crippen molar-refractivity contribution in [3.8, 4) is 0 Å². The lowest BCUT2D eigenvalue weighted by Crippen LogP contribution is -2.47. The molecule has 1 N–H and O–H groups in total. The zero-order valence-corrected chi connectivity index (χ0v) is 30.5. The fourth-order valence-corrected chi connectivity index (χ4v) is 6.71. The molecule has 2 saturated heterocycles. The van der Waals surface area contributed by atoms with Gasteiger partial charge in [0.2, 0.25) is 5.91 Å². The summed E-state index contributed by atoms with van der Waals surface area (Å²) in [5.41, 5.74) is 10.9. The first-order chi connectivity index (χ1) is 24.6. The Morgan fingerprint density at radius 2 is 1.18 bits per heavy atom. The lowest BCUT2D eigenvalue weighted by Gasteiger charge is -2.38. The first-order valence-corrected chi connectivity index (χ1v) is 17.6. The Morgan fingerprint density at radius 1 is 0.706 bits per heavy atom. The summed E-state index contributed by atoms with van der Waals surface area (Å²) in [6, 6.07) is 8.55. The van der Waals surface area contributed by atoms with Crippen LogP contribution in [0.2, 0.25) is 0 Å². The predicted molar refractivity (Wildman–Crippen MR) is 201 cm³/mol. The van der Waals surface area contributed by atoms with E-state index in [2.05, 4.69) is 67.1 Å². The Kier molecular flexibility index (Phi) is 9.38. The van der Waals surface area contributed by atoms with Crippen molar-refractivity contribution in [2.45, 2.75) is 45.4 Å². The number of anilines is 4. The Balaban J connectivity index is 0.000000160. The molecule has 2 aliphatic heterocycles. The summed E-state index contributed by atoms with van der Waals surface area (Å²) in [5, 5.41) is 3.31. The van der Waals surface area contributed by atoms with E-state index in [4.69, 9.17) is 9.97 Å². The van der Waals surface area contributed by atoms with Crippen LogP contribution >= 0.6 is 0 Å². The number of fused-ring (bicyclic) bond motifs is 2. The van der Waals surface area contributed by atoms with Crippen LogP contribution in [0.1, 0.15) is 55.1 Å². The van der Waals surface area contributed by atoms with Crippen molar-refractivity contribution in [1.29, 1.82) is 0 Å². The summed E-state index contributed by atoms with van der Waals surface area (Å²) in [4.78, 5) is 44.6. The van der Waals surface area contributed by atoms with Gasteiger partial charge in [0, 0.05) is 96.6 Å². The van der Waals surface area contributed by atoms with Gasteiger partial charge in [-0.25, -0.2) is 19.9 Å². The molecular weight excluding hydrogens is 641 g/mol. The van der Waals surface area contributed by atoms with Crippen molar-refractivity contribution in [2.75, 3.05) is 50.1 Å². The summed E-state index contributed by atoms with van der Waals surface area (Å²) in [7, 11) is 8.04. The predicted octanol–water partition coefficient (Wildman–Crippen LogP) is 5.02. The molecule has 8 rings (SSSR count). The number of carbonyl (C=O) groups is 1. The van der Waals surface area contributed by atoms with Gasteiger partial charge in [0.25, 0.3) is 0 Å². The molecule has 0 bridgehead atoms. The van der Waals surface area contributed by atoms with Gasteiger partial charge in [-0.2, -0.15) is 0 Å². The molecule has 13 heteroatoms.